The zero-order valence-electron chi connectivity index (χ0n) is 14.8. The van der Waals surface area contributed by atoms with Gasteiger partial charge in [0.05, 0.1) is 9.83 Å². The van der Waals surface area contributed by atoms with Crippen molar-refractivity contribution in [3.63, 3.8) is 0 Å². The summed E-state index contributed by atoms with van der Waals surface area (Å²) >= 11 is 6.12. The van der Waals surface area contributed by atoms with Gasteiger partial charge in [0.15, 0.2) is 0 Å². The molecule has 10 heteroatoms. The van der Waals surface area contributed by atoms with Gasteiger partial charge in [-0.3, -0.25) is 24.6 Å². The van der Waals surface area contributed by atoms with Gasteiger partial charge >= 0.3 is 5.97 Å². The first kappa shape index (κ1) is 20.5. The van der Waals surface area contributed by atoms with E-state index in [4.69, 9.17) is 22.1 Å². The van der Waals surface area contributed by atoms with Crippen molar-refractivity contribution < 1.29 is 24.4 Å². The maximum absolute atomic E-state index is 12.3. The van der Waals surface area contributed by atoms with Crippen molar-refractivity contribution in [1.82, 2.24) is 4.90 Å². The lowest BCUT2D eigenvalue weighted by Gasteiger charge is -2.10. The van der Waals surface area contributed by atoms with Crippen LogP contribution in [0.3, 0.4) is 0 Å². The van der Waals surface area contributed by atoms with Crippen LogP contribution in [0.25, 0.3) is 6.08 Å². The van der Waals surface area contributed by atoms with Gasteiger partial charge in [-0.05, 0) is 41.5 Å². The fourth-order valence-corrected chi connectivity index (χ4v) is 3.72. The average Bonchev–Trinajstić information content (AvgIpc) is 2.95. The Morgan fingerprint density at radius 2 is 1.86 bits per heavy atom. The van der Waals surface area contributed by atoms with Gasteiger partial charge in [0.25, 0.3) is 11.6 Å². The second-order valence-corrected chi connectivity index (χ2v) is 7.62. The Labute approximate surface area is 174 Å². The second-order valence-electron chi connectivity index (χ2n) is 5.94. The smallest absolute Gasteiger partial charge is 0.323 e. The Balaban J connectivity index is 1.62. The molecular formula is C19H14N2O6S2. The lowest BCUT2D eigenvalue weighted by atomic mass is 10.2. The van der Waals surface area contributed by atoms with Crippen LogP contribution in [0, 0.1) is 10.1 Å². The number of thiocarbonyl (C=S) groups is 1. The molecule has 0 saturated carbocycles. The van der Waals surface area contributed by atoms with Crippen LogP contribution in [0.1, 0.15) is 11.1 Å². The largest absolute Gasteiger partial charge is 0.489 e. The van der Waals surface area contributed by atoms with Crippen molar-refractivity contribution in [3.8, 4) is 5.75 Å². The fourth-order valence-electron chi connectivity index (χ4n) is 2.46. The monoisotopic (exact) mass is 430 g/mol. The number of nitro benzene ring substituents is 1. The Kier molecular flexibility index (Phi) is 6.25. The molecule has 0 unspecified atom stereocenters. The minimum absolute atomic E-state index is 0.0203. The summed E-state index contributed by atoms with van der Waals surface area (Å²) in [4.78, 5) is 34.7. The predicted octanol–water partition coefficient (Wildman–Crippen LogP) is 3.46. The summed E-state index contributed by atoms with van der Waals surface area (Å²) < 4.78 is 5.87. The number of ether oxygens (including phenoxy) is 1. The van der Waals surface area contributed by atoms with Crippen LogP contribution in [-0.2, 0) is 16.2 Å². The number of benzene rings is 2. The highest BCUT2D eigenvalue weighted by molar-refractivity contribution is 8.26. The van der Waals surface area contributed by atoms with Crippen LogP contribution >= 0.6 is 24.0 Å². The van der Waals surface area contributed by atoms with E-state index in [2.05, 4.69) is 0 Å². The third-order valence-corrected chi connectivity index (χ3v) is 5.28. The van der Waals surface area contributed by atoms with E-state index in [-0.39, 0.29) is 16.6 Å². The molecule has 0 spiro atoms. The molecule has 0 atom stereocenters. The van der Waals surface area contributed by atoms with Crippen molar-refractivity contribution >= 4 is 51.9 Å². The summed E-state index contributed by atoms with van der Waals surface area (Å²) in [6, 6.07) is 13.1. The number of nitrogens with zero attached hydrogens (tertiary/aromatic N) is 2. The molecule has 0 aliphatic carbocycles. The molecule has 1 aliphatic rings. The van der Waals surface area contributed by atoms with Crippen LogP contribution in [-0.4, -0.2) is 37.7 Å². The van der Waals surface area contributed by atoms with E-state index in [1.54, 1.807) is 42.5 Å². The number of thioether (sulfide) groups is 1. The zero-order valence-corrected chi connectivity index (χ0v) is 16.4. The predicted molar refractivity (Wildman–Crippen MR) is 111 cm³/mol. The van der Waals surface area contributed by atoms with Crippen molar-refractivity contribution in [1.29, 1.82) is 0 Å². The van der Waals surface area contributed by atoms with Crippen LogP contribution in [0.2, 0.25) is 0 Å². The van der Waals surface area contributed by atoms with Gasteiger partial charge in [-0.2, -0.15) is 0 Å². The quantitative estimate of drug-likeness (QED) is 0.308. The maximum atomic E-state index is 12.3. The van der Waals surface area contributed by atoms with E-state index in [0.29, 0.717) is 10.7 Å². The molecule has 2 aromatic rings. The number of carbonyl (C=O) groups excluding carboxylic acids is 1. The van der Waals surface area contributed by atoms with Gasteiger partial charge in [-0.25, -0.2) is 0 Å². The van der Waals surface area contributed by atoms with Crippen LogP contribution in [0.4, 0.5) is 5.69 Å². The SMILES string of the molecule is O=C(O)CN1C(=O)C(=Cc2ccc(OCc3ccc([N+](=O)[O-])cc3)cc2)SC1=S. The fraction of sp³-hybridized carbons (Fsp3) is 0.105. The van der Waals surface area contributed by atoms with Gasteiger partial charge in [-0.15, -0.1) is 0 Å². The highest BCUT2D eigenvalue weighted by Crippen LogP contribution is 2.32. The molecule has 0 radical (unpaired) electrons. The van der Waals surface area contributed by atoms with Gasteiger partial charge in [-0.1, -0.05) is 36.1 Å². The summed E-state index contributed by atoms with van der Waals surface area (Å²) in [6.07, 6.45) is 1.64. The molecule has 1 N–H and O–H groups in total. The molecule has 1 fully saturated rings. The molecule has 3 rings (SSSR count). The van der Waals surface area contributed by atoms with Gasteiger partial charge in [0.2, 0.25) is 0 Å². The van der Waals surface area contributed by atoms with E-state index >= 15 is 0 Å². The molecular weight excluding hydrogens is 416 g/mol. The standard InChI is InChI=1S/C19H14N2O6S2/c22-17(23)10-20-18(24)16(29-19(20)28)9-12-3-7-15(8-4-12)27-11-13-1-5-14(6-2-13)21(25)26/h1-9H,10-11H2,(H,22,23). The molecule has 0 aromatic heterocycles. The van der Waals surface area contributed by atoms with Gasteiger partial charge in [0, 0.05) is 12.1 Å². The maximum Gasteiger partial charge on any atom is 0.323 e. The summed E-state index contributed by atoms with van der Waals surface area (Å²) in [6.45, 7) is -0.206. The van der Waals surface area contributed by atoms with Crippen molar-refractivity contribution in [3.05, 3.63) is 74.7 Å². The molecule has 8 nitrogen and oxygen atoms in total. The lowest BCUT2D eigenvalue weighted by molar-refractivity contribution is -0.384. The normalized spacial score (nSPS) is 15.0. The number of carbonyl (C=O) groups is 2. The minimum atomic E-state index is -1.13. The molecule has 0 bridgehead atoms. The molecule has 2 aromatic carbocycles. The first-order valence-electron chi connectivity index (χ1n) is 8.27. The Hall–Kier alpha value is -3.24. The molecule has 1 heterocycles. The number of carboxylic acid groups (broad SMARTS) is 1. The van der Waals surface area contributed by atoms with E-state index in [0.717, 1.165) is 27.8 Å². The van der Waals surface area contributed by atoms with Crippen molar-refractivity contribution in [2.75, 3.05) is 6.54 Å². The van der Waals surface area contributed by atoms with Crippen molar-refractivity contribution in [2.24, 2.45) is 0 Å². The molecule has 29 heavy (non-hydrogen) atoms. The first-order chi connectivity index (χ1) is 13.8. The Bertz CT molecular complexity index is 1000. The summed E-state index contributed by atoms with van der Waals surface area (Å²) in [5, 5.41) is 19.5. The summed E-state index contributed by atoms with van der Waals surface area (Å²) in [7, 11) is 0. The summed E-state index contributed by atoms with van der Waals surface area (Å²) in [5.41, 5.74) is 1.55. The first-order valence-corrected chi connectivity index (χ1v) is 9.49. The van der Waals surface area contributed by atoms with Crippen LogP contribution < -0.4 is 4.74 Å². The van der Waals surface area contributed by atoms with E-state index in [1.807, 2.05) is 0 Å². The van der Waals surface area contributed by atoms with E-state index in [1.165, 1.54) is 12.1 Å². The van der Waals surface area contributed by atoms with Gasteiger partial charge in [0.1, 0.15) is 23.2 Å². The highest BCUT2D eigenvalue weighted by Gasteiger charge is 2.33. The molecule has 1 saturated heterocycles. The minimum Gasteiger partial charge on any atom is -0.489 e. The Morgan fingerprint density at radius 3 is 2.45 bits per heavy atom. The lowest BCUT2D eigenvalue weighted by Crippen LogP contribution is -2.33. The number of carboxylic acids is 1. The molecule has 1 amide bonds. The number of non-ortho nitro benzene ring substituents is 1. The van der Waals surface area contributed by atoms with E-state index in [9.17, 15) is 19.7 Å². The third-order valence-electron chi connectivity index (χ3n) is 3.90. The average molecular weight is 430 g/mol. The molecule has 148 valence electrons. The number of amides is 1. The molecule has 1 aliphatic heterocycles. The third kappa shape index (κ3) is 5.18. The second kappa shape index (κ2) is 8.84. The van der Waals surface area contributed by atoms with Crippen LogP contribution in [0.15, 0.2) is 53.4 Å². The Morgan fingerprint density at radius 1 is 1.21 bits per heavy atom. The number of hydrogen-bond acceptors (Lipinski definition) is 7. The highest BCUT2D eigenvalue weighted by atomic mass is 32.2. The van der Waals surface area contributed by atoms with Gasteiger partial charge < -0.3 is 9.84 Å². The number of nitro groups is 1. The number of hydrogen-bond donors (Lipinski definition) is 1. The van der Waals surface area contributed by atoms with Crippen molar-refractivity contribution in [2.45, 2.75) is 6.61 Å². The van der Waals surface area contributed by atoms with E-state index < -0.39 is 23.3 Å². The number of rotatable bonds is 7. The van der Waals surface area contributed by atoms with Crippen LogP contribution in [0.5, 0.6) is 5.75 Å². The summed E-state index contributed by atoms with van der Waals surface area (Å²) in [5.74, 6) is -0.961. The zero-order chi connectivity index (χ0) is 21.0. The number of aliphatic carboxylic acids is 1. The topological polar surface area (TPSA) is 110 Å².